The lowest BCUT2D eigenvalue weighted by atomic mass is 9.80. The molecule has 0 unspecified atom stereocenters. The zero-order valence-electron chi connectivity index (χ0n) is 28.9. The van der Waals surface area contributed by atoms with Gasteiger partial charge in [-0.05, 0) is 81.9 Å². The third-order valence-electron chi connectivity index (χ3n) is 7.68. The van der Waals surface area contributed by atoms with Crippen molar-refractivity contribution in [3.8, 4) is 11.5 Å². The van der Waals surface area contributed by atoms with Crippen LogP contribution in [0.2, 0.25) is 0 Å². The first-order valence-electron chi connectivity index (χ1n) is 16.1. The van der Waals surface area contributed by atoms with Gasteiger partial charge in [0, 0.05) is 39.0 Å². The molecule has 0 aliphatic carbocycles. The second-order valence-electron chi connectivity index (χ2n) is 13.4. The molecule has 258 valence electrons. The summed E-state index contributed by atoms with van der Waals surface area (Å²) in [5.74, 6) is 0.368. The maximum Gasteiger partial charge on any atom is 0.407 e. The van der Waals surface area contributed by atoms with Crippen LogP contribution in [0.3, 0.4) is 0 Å². The van der Waals surface area contributed by atoms with Crippen LogP contribution in [-0.4, -0.2) is 74.7 Å². The molecule has 45 heavy (non-hydrogen) atoms. The highest BCUT2D eigenvalue weighted by Gasteiger charge is 2.33. The first-order valence-corrected chi connectivity index (χ1v) is 16.1. The fourth-order valence-corrected chi connectivity index (χ4v) is 5.05. The van der Waals surface area contributed by atoms with Crippen LogP contribution < -0.4 is 25.8 Å². The molecule has 1 aromatic carbocycles. The van der Waals surface area contributed by atoms with Crippen molar-refractivity contribution >= 4 is 17.9 Å². The van der Waals surface area contributed by atoms with E-state index in [0.29, 0.717) is 50.5 Å². The Morgan fingerprint density at radius 1 is 0.956 bits per heavy atom. The van der Waals surface area contributed by atoms with Crippen LogP contribution in [0, 0.1) is 23.7 Å². The predicted octanol–water partition coefficient (Wildman–Crippen LogP) is 4.61. The highest BCUT2D eigenvalue weighted by atomic mass is 16.6. The zero-order chi connectivity index (χ0) is 34.2. The number of rotatable bonds is 21. The molecule has 5 N–H and O–H groups in total. The number of ether oxygens (including phenoxy) is 4. The van der Waals surface area contributed by atoms with Gasteiger partial charge in [0.25, 0.3) is 0 Å². The SMILES string of the molecule is COCCCOc1cc(C[C@@H](C[C@H](NC(=O)OC(C)(C)C)[C@@H](O)C[C@H](C(=O)NCCCC(N)=O)C(C)C)C(C)C)ccc1OC. The lowest BCUT2D eigenvalue weighted by Crippen LogP contribution is -2.48. The van der Waals surface area contributed by atoms with E-state index in [4.69, 9.17) is 24.7 Å². The van der Waals surface area contributed by atoms with E-state index in [1.807, 2.05) is 32.0 Å². The van der Waals surface area contributed by atoms with E-state index in [1.54, 1.807) is 35.0 Å². The molecule has 0 bridgehead atoms. The molecule has 0 fully saturated rings. The van der Waals surface area contributed by atoms with Gasteiger partial charge in [-0.15, -0.1) is 0 Å². The number of hydrogen-bond donors (Lipinski definition) is 4. The Bertz CT molecular complexity index is 1040. The first kappa shape index (κ1) is 40.0. The van der Waals surface area contributed by atoms with E-state index >= 15 is 0 Å². The van der Waals surface area contributed by atoms with Crippen molar-refractivity contribution in [2.24, 2.45) is 29.4 Å². The Balaban J connectivity index is 3.19. The van der Waals surface area contributed by atoms with Crippen LogP contribution in [0.1, 0.15) is 86.1 Å². The Kier molecular flexibility index (Phi) is 17.9. The number of carbonyl (C=O) groups is 3. The molecule has 0 aromatic heterocycles. The number of carbonyl (C=O) groups excluding carboxylic acids is 3. The topological polar surface area (TPSA) is 158 Å². The summed E-state index contributed by atoms with van der Waals surface area (Å²) < 4.78 is 22.2. The molecule has 1 aromatic rings. The number of primary amides is 1. The minimum absolute atomic E-state index is 0.0643. The smallest absolute Gasteiger partial charge is 0.407 e. The Morgan fingerprint density at radius 2 is 1.64 bits per heavy atom. The lowest BCUT2D eigenvalue weighted by Gasteiger charge is -2.33. The zero-order valence-corrected chi connectivity index (χ0v) is 28.9. The summed E-state index contributed by atoms with van der Waals surface area (Å²) in [7, 11) is 3.26. The first-order chi connectivity index (χ1) is 21.1. The minimum atomic E-state index is -1.02. The number of hydrogen-bond acceptors (Lipinski definition) is 8. The highest BCUT2D eigenvalue weighted by molar-refractivity contribution is 5.79. The highest BCUT2D eigenvalue weighted by Crippen LogP contribution is 2.32. The number of aliphatic hydroxyl groups excluding tert-OH is 1. The van der Waals surface area contributed by atoms with Gasteiger partial charge >= 0.3 is 6.09 Å². The molecule has 11 heteroatoms. The lowest BCUT2D eigenvalue weighted by molar-refractivity contribution is -0.128. The summed E-state index contributed by atoms with van der Waals surface area (Å²) >= 11 is 0. The van der Waals surface area contributed by atoms with Crippen molar-refractivity contribution in [1.29, 1.82) is 0 Å². The van der Waals surface area contributed by atoms with E-state index in [0.717, 1.165) is 12.0 Å². The van der Waals surface area contributed by atoms with Crippen molar-refractivity contribution < 1.29 is 38.4 Å². The predicted molar refractivity (Wildman–Crippen MR) is 175 cm³/mol. The number of aliphatic hydroxyl groups is 1. The van der Waals surface area contributed by atoms with Crippen molar-refractivity contribution in [1.82, 2.24) is 10.6 Å². The third-order valence-corrected chi connectivity index (χ3v) is 7.68. The van der Waals surface area contributed by atoms with E-state index in [9.17, 15) is 19.5 Å². The molecule has 0 saturated heterocycles. The van der Waals surface area contributed by atoms with Crippen LogP contribution in [-0.2, 0) is 25.5 Å². The standard InChI is InChI=1S/C34H59N3O8/c1-22(2)25(18-24-13-14-29(43-9)30(19-24)44-17-11-16-42-8)20-27(37-33(41)45-34(5,6)7)28(38)21-26(23(3)4)32(40)36-15-10-12-31(35)39/h13-14,19,22-23,25-28,38H,10-12,15-18,20-21H2,1-9H3,(H2,35,39)(H,36,40)(H,37,41)/t25-,26-,27-,28-/m0/s1. The van der Waals surface area contributed by atoms with Gasteiger partial charge < -0.3 is 40.4 Å². The molecule has 3 amide bonds. The maximum atomic E-state index is 13.1. The maximum absolute atomic E-state index is 13.1. The molecule has 0 spiro atoms. The number of methoxy groups -OCH3 is 2. The Morgan fingerprint density at radius 3 is 2.20 bits per heavy atom. The monoisotopic (exact) mass is 637 g/mol. The molecule has 0 aliphatic heterocycles. The summed E-state index contributed by atoms with van der Waals surface area (Å²) in [6.45, 7) is 14.8. The van der Waals surface area contributed by atoms with Crippen molar-refractivity contribution in [2.45, 2.75) is 105 Å². The normalized spacial score (nSPS) is 14.4. The number of nitrogens with two attached hydrogens (primary N) is 1. The second kappa shape index (κ2) is 20.2. The summed E-state index contributed by atoms with van der Waals surface area (Å²) in [6.07, 6.45) is 1.01. The summed E-state index contributed by atoms with van der Waals surface area (Å²) in [5, 5.41) is 17.3. The molecule has 1 rings (SSSR count). The molecule has 0 aliphatic rings. The van der Waals surface area contributed by atoms with Gasteiger partial charge in [-0.1, -0.05) is 33.8 Å². The van der Waals surface area contributed by atoms with E-state index in [1.165, 1.54) is 0 Å². The van der Waals surface area contributed by atoms with Crippen molar-refractivity contribution in [3.05, 3.63) is 23.8 Å². The molecular weight excluding hydrogens is 578 g/mol. The van der Waals surface area contributed by atoms with Crippen LogP contribution in [0.25, 0.3) is 0 Å². The van der Waals surface area contributed by atoms with Gasteiger partial charge in [-0.3, -0.25) is 9.59 Å². The molecular formula is C34H59N3O8. The van der Waals surface area contributed by atoms with Crippen LogP contribution >= 0.6 is 0 Å². The van der Waals surface area contributed by atoms with Crippen molar-refractivity contribution in [3.63, 3.8) is 0 Å². The van der Waals surface area contributed by atoms with Gasteiger partial charge in [0.15, 0.2) is 11.5 Å². The number of alkyl carbamates (subject to hydrolysis) is 1. The van der Waals surface area contributed by atoms with Crippen LogP contribution in [0.5, 0.6) is 11.5 Å². The second-order valence-corrected chi connectivity index (χ2v) is 13.4. The third kappa shape index (κ3) is 16.2. The average molecular weight is 638 g/mol. The molecule has 4 atom stereocenters. The summed E-state index contributed by atoms with van der Waals surface area (Å²) in [5.41, 5.74) is 5.53. The van der Waals surface area contributed by atoms with E-state index < -0.39 is 35.7 Å². The van der Waals surface area contributed by atoms with Gasteiger partial charge in [-0.2, -0.15) is 0 Å². The number of nitrogens with one attached hydrogen (secondary N) is 2. The van der Waals surface area contributed by atoms with Gasteiger partial charge in [0.1, 0.15) is 5.60 Å². The summed E-state index contributed by atoms with van der Waals surface area (Å²) in [6, 6.07) is 5.20. The molecule has 0 radical (unpaired) electrons. The minimum Gasteiger partial charge on any atom is -0.493 e. The molecule has 0 heterocycles. The summed E-state index contributed by atoms with van der Waals surface area (Å²) in [4.78, 5) is 37.1. The van der Waals surface area contributed by atoms with Crippen LogP contribution in [0.15, 0.2) is 18.2 Å². The van der Waals surface area contributed by atoms with Gasteiger partial charge in [-0.25, -0.2) is 4.79 Å². The van der Waals surface area contributed by atoms with Crippen LogP contribution in [0.4, 0.5) is 4.79 Å². The van der Waals surface area contributed by atoms with Gasteiger partial charge in [0.05, 0.1) is 25.9 Å². The fourth-order valence-electron chi connectivity index (χ4n) is 5.05. The Hall–Kier alpha value is -3.05. The van der Waals surface area contributed by atoms with E-state index in [-0.39, 0.29) is 36.5 Å². The molecule has 0 saturated carbocycles. The average Bonchev–Trinajstić information content (AvgIpc) is 2.94. The largest absolute Gasteiger partial charge is 0.493 e. The van der Waals surface area contributed by atoms with Gasteiger partial charge in [0.2, 0.25) is 11.8 Å². The number of benzene rings is 1. The Labute approximate surface area is 270 Å². The number of amides is 3. The van der Waals surface area contributed by atoms with Crippen molar-refractivity contribution in [2.75, 3.05) is 34.0 Å². The van der Waals surface area contributed by atoms with E-state index in [2.05, 4.69) is 24.5 Å². The molecule has 11 nitrogen and oxygen atoms in total. The quantitative estimate of drug-likeness (QED) is 0.142. The fraction of sp³-hybridized carbons (Fsp3) is 0.735.